The summed E-state index contributed by atoms with van der Waals surface area (Å²) in [6, 6.07) is 22.7. The Morgan fingerprint density at radius 2 is 1.69 bits per heavy atom. The molecular weight excluding hydrogens is 433 g/mol. The molecule has 1 N–H and O–H groups in total. The van der Waals surface area contributed by atoms with Crippen molar-refractivity contribution in [1.82, 2.24) is 4.98 Å². The number of allylic oxidation sites excluding steroid dienone is 2. The summed E-state index contributed by atoms with van der Waals surface area (Å²) >= 11 is 6.51. The molecule has 0 saturated heterocycles. The van der Waals surface area contributed by atoms with Crippen LogP contribution in [0.2, 0.25) is 0 Å². The number of hydrogen-bond donors (Lipinski definition) is 1. The van der Waals surface area contributed by atoms with Crippen molar-refractivity contribution in [3.8, 4) is 0 Å². The van der Waals surface area contributed by atoms with Crippen LogP contribution < -0.4 is 14.8 Å². The summed E-state index contributed by atoms with van der Waals surface area (Å²) in [7, 11) is 2.13. The zero-order valence-corrected chi connectivity index (χ0v) is 20.4. The number of likely N-dealkylation sites (N-methyl/N-ethyl adjacent to an activating group) is 1. The van der Waals surface area contributed by atoms with E-state index in [2.05, 4.69) is 85.3 Å². The van der Waals surface area contributed by atoms with Gasteiger partial charge in [-0.1, -0.05) is 56.3 Å². The number of hydrazone groups is 1. The largest absolute Gasteiger partial charge is 0.346 e. The summed E-state index contributed by atoms with van der Waals surface area (Å²) < 4.78 is 1.99. The van der Waals surface area contributed by atoms with Crippen molar-refractivity contribution in [2.24, 2.45) is 5.10 Å². The van der Waals surface area contributed by atoms with Crippen LogP contribution in [0.3, 0.4) is 0 Å². The van der Waals surface area contributed by atoms with E-state index in [0.717, 1.165) is 22.4 Å². The van der Waals surface area contributed by atoms with E-state index in [4.69, 9.17) is 16.9 Å². The van der Waals surface area contributed by atoms with Crippen molar-refractivity contribution in [2.75, 3.05) is 21.8 Å². The maximum Gasteiger partial charge on any atom is 0.175 e. The smallest absolute Gasteiger partial charge is 0.175 e. The Kier molecular flexibility index (Phi) is 4.95. The maximum atomic E-state index is 6.51. The van der Waals surface area contributed by atoms with E-state index in [-0.39, 0.29) is 5.41 Å². The lowest BCUT2D eigenvalue weighted by Crippen LogP contribution is -2.27. The first kappa shape index (κ1) is 20.9. The molecule has 0 radical (unpaired) electrons. The minimum Gasteiger partial charge on any atom is -0.346 e. The zero-order chi connectivity index (χ0) is 22.5. The number of aryl methyl sites for hydroxylation is 1. The number of rotatable bonds is 3. The van der Waals surface area contributed by atoms with Crippen molar-refractivity contribution in [1.29, 1.82) is 0 Å². The molecule has 0 bridgehead atoms. The molecule has 162 valence electrons. The van der Waals surface area contributed by atoms with Gasteiger partial charge in [0.15, 0.2) is 6.34 Å². The molecule has 0 aliphatic carbocycles. The minimum atomic E-state index is -2.59. The number of nitrogens with one attached hydrogen (secondary N) is 1. The Morgan fingerprint density at radius 3 is 2.41 bits per heavy atom. The molecular formula is C25H26N5PS. The van der Waals surface area contributed by atoms with Crippen molar-refractivity contribution in [3.63, 3.8) is 0 Å². The predicted octanol–water partition coefficient (Wildman–Crippen LogP) is 6.26. The first-order valence-electron chi connectivity index (χ1n) is 10.6. The summed E-state index contributed by atoms with van der Waals surface area (Å²) in [6.45, 7) is 6.58. The van der Waals surface area contributed by atoms with Gasteiger partial charge in [-0.05, 0) is 54.1 Å². The van der Waals surface area contributed by atoms with E-state index in [0.29, 0.717) is 0 Å². The van der Waals surface area contributed by atoms with E-state index in [1.54, 1.807) is 6.20 Å². The molecule has 2 aliphatic rings. The van der Waals surface area contributed by atoms with Crippen LogP contribution in [0.1, 0.15) is 25.0 Å². The minimum absolute atomic E-state index is 0.204. The molecule has 0 amide bonds. The van der Waals surface area contributed by atoms with Gasteiger partial charge in [0.2, 0.25) is 0 Å². The first-order valence-corrected chi connectivity index (χ1v) is 13.4. The van der Waals surface area contributed by atoms with Crippen molar-refractivity contribution in [3.05, 3.63) is 95.1 Å². The van der Waals surface area contributed by atoms with Crippen LogP contribution >= 0.6 is 6.34 Å². The molecule has 3 aromatic rings. The third kappa shape index (κ3) is 3.09. The number of benzene rings is 2. The van der Waals surface area contributed by atoms with E-state index in [9.17, 15) is 0 Å². The molecule has 2 aliphatic heterocycles. The molecule has 5 nitrogen and oxygen atoms in total. The number of aromatic nitrogens is 1. The highest BCUT2D eigenvalue weighted by molar-refractivity contribution is 8.18. The van der Waals surface area contributed by atoms with E-state index in [1.807, 2.05) is 35.3 Å². The number of anilines is 3. The second-order valence-electron chi connectivity index (χ2n) is 8.66. The standard InChI is InChI=1S/C25H26N5PS/c1-18-11-10-16-26-24(18)28-31(32)22(17-27-30(31)19-12-6-5-7-13-19)23-25(2,3)20-14-8-9-15-21(20)29(23)4/h5-17H,1-4H3,(H,26,28,32)/b23-22-. The number of pyridine rings is 1. The first-order chi connectivity index (χ1) is 15.3. The summed E-state index contributed by atoms with van der Waals surface area (Å²) in [5, 5.41) is 9.59. The molecule has 2 aromatic carbocycles. The van der Waals surface area contributed by atoms with Gasteiger partial charge in [-0.3, -0.25) is 0 Å². The van der Waals surface area contributed by atoms with Crippen LogP contribution in [0, 0.1) is 6.92 Å². The van der Waals surface area contributed by atoms with Gasteiger partial charge in [-0.25, -0.2) is 9.76 Å². The predicted molar refractivity (Wildman–Crippen MR) is 139 cm³/mol. The summed E-state index contributed by atoms with van der Waals surface area (Å²) in [6.07, 6.45) is 1.17. The van der Waals surface area contributed by atoms with Crippen LogP contribution in [-0.4, -0.2) is 18.2 Å². The molecule has 1 atom stereocenters. The lowest BCUT2D eigenvalue weighted by atomic mass is 9.84. The number of nitrogens with zero attached hydrogens (tertiary/aromatic N) is 4. The van der Waals surface area contributed by atoms with Gasteiger partial charge in [0.25, 0.3) is 0 Å². The normalized spacial score (nSPS) is 23.5. The van der Waals surface area contributed by atoms with E-state index < -0.39 is 6.34 Å². The lowest BCUT2D eigenvalue weighted by molar-refractivity contribution is 0.640. The van der Waals surface area contributed by atoms with Gasteiger partial charge in [0.05, 0.1) is 17.2 Å². The fourth-order valence-corrected chi connectivity index (χ4v) is 8.26. The molecule has 0 saturated carbocycles. The SMILES string of the molecule is Cc1cccnc1NP1(=S)/C(=C2\N(C)c3ccccc3C2(C)C)C=NN1c1ccccc1. The summed E-state index contributed by atoms with van der Waals surface area (Å²) in [5.74, 6) is 0.802. The second kappa shape index (κ2) is 7.58. The molecule has 3 heterocycles. The van der Waals surface area contributed by atoms with Crippen molar-refractivity contribution in [2.45, 2.75) is 26.2 Å². The topological polar surface area (TPSA) is 43.8 Å². The Balaban J connectivity index is 1.72. The lowest BCUT2D eigenvalue weighted by Gasteiger charge is -2.34. The quantitative estimate of drug-likeness (QED) is 0.469. The highest BCUT2D eigenvalue weighted by atomic mass is 32.4. The average Bonchev–Trinajstić information content (AvgIpc) is 3.21. The third-order valence-corrected chi connectivity index (χ3v) is 9.94. The van der Waals surface area contributed by atoms with Gasteiger partial charge in [-0.2, -0.15) is 5.10 Å². The van der Waals surface area contributed by atoms with Crippen LogP contribution in [0.4, 0.5) is 17.2 Å². The number of para-hydroxylation sites is 2. The van der Waals surface area contributed by atoms with Gasteiger partial charge in [0, 0.05) is 30.0 Å². The molecule has 5 rings (SSSR count). The molecule has 1 aromatic heterocycles. The van der Waals surface area contributed by atoms with E-state index in [1.165, 1.54) is 16.9 Å². The summed E-state index contributed by atoms with van der Waals surface area (Å²) in [5.41, 5.74) is 5.52. The van der Waals surface area contributed by atoms with Gasteiger partial charge < -0.3 is 9.99 Å². The van der Waals surface area contributed by atoms with E-state index >= 15 is 0 Å². The molecule has 7 heteroatoms. The van der Waals surface area contributed by atoms with Crippen LogP contribution in [0.5, 0.6) is 0 Å². The molecule has 0 spiro atoms. The van der Waals surface area contributed by atoms with Gasteiger partial charge >= 0.3 is 0 Å². The average molecular weight is 460 g/mol. The van der Waals surface area contributed by atoms with Crippen LogP contribution in [0.15, 0.2) is 89.0 Å². The fraction of sp³-hybridized carbons (Fsp3) is 0.200. The Hall–Kier alpha value is -2.95. The third-order valence-electron chi connectivity index (χ3n) is 6.25. The number of fused-ring (bicyclic) bond motifs is 1. The molecule has 0 fully saturated rings. The Labute approximate surface area is 194 Å². The number of hydrogen-bond acceptors (Lipinski definition) is 4. The monoisotopic (exact) mass is 459 g/mol. The molecule has 1 unspecified atom stereocenters. The zero-order valence-electron chi connectivity index (χ0n) is 18.6. The molecule has 32 heavy (non-hydrogen) atoms. The van der Waals surface area contributed by atoms with Crippen molar-refractivity contribution >= 4 is 41.6 Å². The van der Waals surface area contributed by atoms with Gasteiger partial charge in [-0.15, -0.1) is 0 Å². The highest BCUT2D eigenvalue weighted by Crippen LogP contribution is 2.65. The highest BCUT2D eigenvalue weighted by Gasteiger charge is 2.46. The van der Waals surface area contributed by atoms with Gasteiger partial charge in [0.1, 0.15) is 5.82 Å². The van der Waals surface area contributed by atoms with Crippen LogP contribution in [0.25, 0.3) is 0 Å². The Bertz CT molecular complexity index is 1300. The maximum absolute atomic E-state index is 6.51. The second-order valence-corrected chi connectivity index (χ2v) is 12.5. The Morgan fingerprint density at radius 1 is 0.969 bits per heavy atom. The summed E-state index contributed by atoms with van der Waals surface area (Å²) in [4.78, 5) is 6.88. The fourth-order valence-electron chi connectivity index (χ4n) is 4.67. The van der Waals surface area contributed by atoms with Crippen LogP contribution in [-0.2, 0) is 17.2 Å². The van der Waals surface area contributed by atoms with Crippen molar-refractivity contribution < 1.29 is 0 Å².